The maximum Gasteiger partial charge on any atom is 0.195 e. The van der Waals surface area contributed by atoms with Gasteiger partial charge in [-0.05, 0) is 6.92 Å². The molecule has 0 atom stereocenters. The van der Waals surface area contributed by atoms with E-state index in [9.17, 15) is 0 Å². The Morgan fingerprint density at radius 2 is 2.00 bits per heavy atom. The summed E-state index contributed by atoms with van der Waals surface area (Å²) in [4.78, 5) is 0. The number of aryl methyl sites for hydroxylation is 2. The zero-order chi connectivity index (χ0) is 7.98. The summed E-state index contributed by atoms with van der Waals surface area (Å²) in [5, 5.41) is 0. The smallest absolute Gasteiger partial charge is 0.161 e. The highest BCUT2D eigenvalue weighted by atomic mass is 15.4. The normalized spacial score (nSPS) is 8.40. The fourth-order valence-electron chi connectivity index (χ4n) is 0.782. The summed E-state index contributed by atoms with van der Waals surface area (Å²) in [5.74, 6) is 0. The Kier molecular flexibility index (Phi) is 4.63. The van der Waals surface area contributed by atoms with Gasteiger partial charge < -0.3 is 0 Å². The number of hydrogen-bond acceptors (Lipinski definition) is 0. The van der Waals surface area contributed by atoms with Crippen LogP contribution in [0, 0.1) is 0 Å². The zero-order valence-corrected chi connectivity index (χ0v) is 7.33. The van der Waals surface area contributed by atoms with Crippen molar-refractivity contribution in [3.63, 3.8) is 0 Å². The summed E-state index contributed by atoms with van der Waals surface area (Å²) in [6, 6.07) is 2.03. The van der Waals surface area contributed by atoms with Gasteiger partial charge in [-0.2, -0.15) is 4.68 Å². The Morgan fingerprint density at radius 1 is 1.40 bits per heavy atom. The van der Waals surface area contributed by atoms with E-state index >= 15 is 0 Å². The van der Waals surface area contributed by atoms with Crippen LogP contribution in [0.5, 0.6) is 0 Å². The maximum absolute atomic E-state index is 2.12. The minimum atomic E-state index is 1.05. The number of aromatic nitrogens is 2. The SMILES string of the molecule is CC.CCn1ccc[n+]1C. The van der Waals surface area contributed by atoms with Gasteiger partial charge in [0, 0.05) is 6.07 Å². The van der Waals surface area contributed by atoms with Crippen molar-refractivity contribution in [1.29, 1.82) is 0 Å². The molecule has 10 heavy (non-hydrogen) atoms. The van der Waals surface area contributed by atoms with Crippen molar-refractivity contribution in [2.75, 3.05) is 0 Å². The van der Waals surface area contributed by atoms with Crippen molar-refractivity contribution in [3.05, 3.63) is 18.5 Å². The lowest BCUT2D eigenvalue weighted by Gasteiger charge is -1.89. The Balaban J connectivity index is 0.000000371. The van der Waals surface area contributed by atoms with Crippen molar-refractivity contribution < 1.29 is 4.68 Å². The Labute approximate surface area is 63.1 Å². The molecule has 58 valence electrons. The van der Waals surface area contributed by atoms with Crippen LogP contribution in [0.25, 0.3) is 0 Å². The zero-order valence-electron chi connectivity index (χ0n) is 7.33. The highest BCUT2D eigenvalue weighted by Gasteiger charge is 1.94. The second kappa shape index (κ2) is 5.03. The highest BCUT2D eigenvalue weighted by Crippen LogP contribution is 1.77. The molecular weight excluding hydrogens is 124 g/mol. The van der Waals surface area contributed by atoms with Crippen LogP contribution in [0.4, 0.5) is 0 Å². The van der Waals surface area contributed by atoms with Crippen molar-refractivity contribution in [2.45, 2.75) is 27.3 Å². The lowest BCUT2D eigenvalue weighted by Crippen LogP contribution is -2.37. The standard InChI is InChI=1S/C6H11N2.C2H6/c1-3-8-6-4-5-7(8)2;1-2/h4-6H,3H2,1-2H3;1-2H3/q+1;. The summed E-state index contributed by atoms with van der Waals surface area (Å²) in [6.45, 7) is 7.17. The van der Waals surface area contributed by atoms with Gasteiger partial charge in [0.25, 0.3) is 0 Å². The summed E-state index contributed by atoms with van der Waals surface area (Å²) in [7, 11) is 2.03. The maximum atomic E-state index is 2.12. The third-order valence-electron chi connectivity index (χ3n) is 1.29. The molecule has 1 heterocycles. The molecule has 0 radical (unpaired) electrons. The first-order chi connectivity index (χ1) is 4.84. The topological polar surface area (TPSA) is 8.81 Å². The van der Waals surface area contributed by atoms with Gasteiger partial charge in [0.1, 0.15) is 0 Å². The molecule has 2 heteroatoms. The molecule has 2 nitrogen and oxygen atoms in total. The predicted octanol–water partition coefficient (Wildman–Crippen LogP) is 1.36. The molecule has 0 fully saturated rings. The van der Waals surface area contributed by atoms with Gasteiger partial charge >= 0.3 is 0 Å². The molecular formula is C8H17N2+. The van der Waals surface area contributed by atoms with Crippen LogP contribution >= 0.6 is 0 Å². The minimum absolute atomic E-state index is 1.05. The molecule has 0 N–H and O–H groups in total. The molecule has 0 aliphatic rings. The summed E-state index contributed by atoms with van der Waals surface area (Å²) < 4.78 is 4.18. The molecule has 0 aliphatic carbocycles. The Hall–Kier alpha value is -0.790. The van der Waals surface area contributed by atoms with Crippen molar-refractivity contribution in [1.82, 2.24) is 4.68 Å². The lowest BCUT2D eigenvalue weighted by atomic mass is 10.7. The molecule has 0 saturated heterocycles. The van der Waals surface area contributed by atoms with E-state index < -0.39 is 0 Å². The van der Waals surface area contributed by atoms with Crippen LogP contribution in [-0.2, 0) is 13.6 Å². The van der Waals surface area contributed by atoms with E-state index in [0.29, 0.717) is 0 Å². The molecule has 1 aromatic heterocycles. The van der Waals surface area contributed by atoms with E-state index in [1.54, 1.807) is 0 Å². The average molecular weight is 141 g/mol. The molecule has 1 rings (SSSR count). The van der Waals surface area contributed by atoms with Gasteiger partial charge in [0.2, 0.25) is 0 Å². The van der Waals surface area contributed by atoms with Gasteiger partial charge in [-0.15, -0.1) is 4.68 Å². The van der Waals surface area contributed by atoms with Crippen molar-refractivity contribution in [2.24, 2.45) is 7.05 Å². The first-order valence-corrected chi connectivity index (χ1v) is 3.85. The molecule has 0 unspecified atom stereocenters. The number of rotatable bonds is 1. The van der Waals surface area contributed by atoms with Gasteiger partial charge in [0.05, 0.1) is 12.7 Å². The van der Waals surface area contributed by atoms with E-state index in [4.69, 9.17) is 0 Å². The van der Waals surface area contributed by atoms with E-state index in [0.717, 1.165) is 6.54 Å². The van der Waals surface area contributed by atoms with Gasteiger partial charge in [-0.1, -0.05) is 13.8 Å². The van der Waals surface area contributed by atoms with Gasteiger partial charge in [-0.3, -0.25) is 0 Å². The van der Waals surface area contributed by atoms with Crippen LogP contribution in [0.3, 0.4) is 0 Å². The minimum Gasteiger partial charge on any atom is -0.161 e. The Morgan fingerprint density at radius 3 is 2.20 bits per heavy atom. The second-order valence-corrected chi connectivity index (χ2v) is 1.82. The van der Waals surface area contributed by atoms with E-state index in [-0.39, 0.29) is 0 Å². The molecule has 0 spiro atoms. The summed E-state index contributed by atoms with van der Waals surface area (Å²) in [5.41, 5.74) is 0. The van der Waals surface area contributed by atoms with Crippen LogP contribution < -0.4 is 4.68 Å². The predicted molar refractivity (Wildman–Crippen MR) is 42.6 cm³/mol. The van der Waals surface area contributed by atoms with E-state index in [2.05, 4.69) is 22.5 Å². The average Bonchev–Trinajstić information content (AvgIpc) is 2.39. The fraction of sp³-hybridized carbons (Fsp3) is 0.625. The first-order valence-electron chi connectivity index (χ1n) is 3.85. The van der Waals surface area contributed by atoms with Crippen LogP contribution in [0.1, 0.15) is 20.8 Å². The van der Waals surface area contributed by atoms with Crippen LogP contribution in [-0.4, -0.2) is 4.68 Å². The van der Waals surface area contributed by atoms with Gasteiger partial charge in [-0.25, -0.2) is 0 Å². The molecule has 0 aliphatic heterocycles. The third kappa shape index (κ3) is 2.21. The monoisotopic (exact) mass is 141 g/mol. The lowest BCUT2D eigenvalue weighted by molar-refractivity contribution is -0.753. The number of hydrogen-bond donors (Lipinski definition) is 0. The fourth-order valence-corrected chi connectivity index (χ4v) is 0.782. The van der Waals surface area contributed by atoms with Crippen molar-refractivity contribution >= 4 is 0 Å². The number of nitrogens with zero attached hydrogens (tertiary/aromatic N) is 2. The largest absolute Gasteiger partial charge is 0.195 e. The quantitative estimate of drug-likeness (QED) is 0.522. The first kappa shape index (κ1) is 9.21. The molecule has 0 bridgehead atoms. The summed E-state index contributed by atoms with van der Waals surface area (Å²) >= 11 is 0. The van der Waals surface area contributed by atoms with E-state index in [1.807, 2.05) is 33.2 Å². The Bertz CT molecular complexity index is 168. The second-order valence-electron chi connectivity index (χ2n) is 1.82. The molecule has 0 aromatic carbocycles. The van der Waals surface area contributed by atoms with E-state index in [1.165, 1.54) is 0 Å². The molecule has 1 aromatic rings. The molecule has 0 saturated carbocycles. The van der Waals surface area contributed by atoms with Gasteiger partial charge in [0.15, 0.2) is 13.2 Å². The summed E-state index contributed by atoms with van der Waals surface area (Å²) in [6.07, 6.45) is 4.09. The third-order valence-corrected chi connectivity index (χ3v) is 1.29. The molecule has 0 amide bonds. The van der Waals surface area contributed by atoms with Crippen LogP contribution in [0.15, 0.2) is 18.5 Å². The highest BCUT2D eigenvalue weighted by molar-refractivity contribution is 4.70. The van der Waals surface area contributed by atoms with Crippen molar-refractivity contribution in [3.8, 4) is 0 Å². The van der Waals surface area contributed by atoms with Crippen LogP contribution in [0.2, 0.25) is 0 Å².